The molecule has 0 spiro atoms. The maximum absolute atomic E-state index is 10.4. The van der Waals surface area contributed by atoms with E-state index in [9.17, 15) is 5.11 Å². The summed E-state index contributed by atoms with van der Waals surface area (Å²) in [7, 11) is 1.57. The number of ether oxygens (including phenoxy) is 2. The van der Waals surface area contributed by atoms with E-state index in [1.165, 1.54) is 0 Å². The molecule has 0 aliphatic carbocycles. The molecule has 4 nitrogen and oxygen atoms in total. The number of methoxy groups -OCH3 is 1. The lowest BCUT2D eigenvalue weighted by atomic mass is 10.0. The van der Waals surface area contributed by atoms with Crippen molar-refractivity contribution in [2.75, 3.05) is 13.7 Å². The molecule has 0 saturated heterocycles. The van der Waals surface area contributed by atoms with Crippen LogP contribution in [0.25, 0.3) is 0 Å². The predicted molar refractivity (Wildman–Crippen MR) is 101 cm³/mol. The Morgan fingerprint density at radius 3 is 2.64 bits per heavy atom. The van der Waals surface area contributed by atoms with Crippen molar-refractivity contribution in [3.05, 3.63) is 71.3 Å². The fourth-order valence-corrected chi connectivity index (χ4v) is 2.77. The number of hydrogen-bond donors (Lipinski definition) is 2. The highest BCUT2D eigenvalue weighted by Crippen LogP contribution is 2.36. The van der Waals surface area contributed by atoms with Gasteiger partial charge >= 0.3 is 0 Å². The van der Waals surface area contributed by atoms with Crippen LogP contribution in [0.4, 0.5) is 0 Å². The van der Waals surface area contributed by atoms with Crippen LogP contribution in [-0.4, -0.2) is 24.9 Å². The number of hydrogen-bond acceptors (Lipinski definition) is 4. The van der Waals surface area contributed by atoms with E-state index < -0.39 is 6.10 Å². The molecule has 0 saturated carbocycles. The molecule has 2 rings (SSSR count). The minimum atomic E-state index is -0.589. The molecule has 134 valence electrons. The molecule has 0 heterocycles. The number of aliphatic hydroxyl groups is 1. The van der Waals surface area contributed by atoms with Gasteiger partial charge in [0.05, 0.1) is 18.2 Å². The van der Waals surface area contributed by atoms with Crippen LogP contribution in [0.2, 0.25) is 5.02 Å². The average molecular weight is 362 g/mol. The molecule has 0 aliphatic heterocycles. The Labute approximate surface area is 154 Å². The molecule has 0 fully saturated rings. The standard InChI is InChI=1S/C20H24ClNO3/c1-4-10-25-20-17(21)11-15(12-18(20)24-3)13-22-14(2)19(23)16-8-6-5-7-9-16/h4-9,11-12,14,19,22-23H,1,10,13H2,2-3H3/t14-,19-/m1/s1. The van der Waals surface area contributed by atoms with Crippen LogP contribution >= 0.6 is 11.6 Å². The van der Waals surface area contributed by atoms with E-state index in [-0.39, 0.29) is 6.04 Å². The van der Waals surface area contributed by atoms with Crippen molar-refractivity contribution in [1.82, 2.24) is 5.32 Å². The largest absolute Gasteiger partial charge is 0.493 e. The number of benzene rings is 2. The summed E-state index contributed by atoms with van der Waals surface area (Å²) in [6, 6.07) is 13.2. The summed E-state index contributed by atoms with van der Waals surface area (Å²) in [5.74, 6) is 1.08. The van der Waals surface area contributed by atoms with Gasteiger partial charge in [-0.05, 0) is 30.2 Å². The fourth-order valence-electron chi connectivity index (χ4n) is 2.49. The van der Waals surface area contributed by atoms with Crippen molar-refractivity contribution >= 4 is 11.6 Å². The summed E-state index contributed by atoms with van der Waals surface area (Å²) in [6.45, 7) is 6.47. The maximum atomic E-state index is 10.4. The lowest BCUT2D eigenvalue weighted by Crippen LogP contribution is -2.31. The fraction of sp³-hybridized carbons (Fsp3) is 0.300. The second-order valence-electron chi connectivity index (χ2n) is 5.73. The maximum Gasteiger partial charge on any atom is 0.180 e. The summed E-state index contributed by atoms with van der Waals surface area (Å²) < 4.78 is 10.9. The van der Waals surface area contributed by atoms with Gasteiger partial charge in [0, 0.05) is 12.6 Å². The lowest BCUT2D eigenvalue weighted by molar-refractivity contribution is 0.135. The predicted octanol–water partition coefficient (Wildman–Crippen LogP) is 4.13. The molecule has 5 heteroatoms. The molecule has 2 aromatic rings. The van der Waals surface area contributed by atoms with Crippen LogP contribution in [0.15, 0.2) is 55.1 Å². The Balaban J connectivity index is 2.05. The van der Waals surface area contributed by atoms with Gasteiger partial charge in [-0.2, -0.15) is 0 Å². The lowest BCUT2D eigenvalue weighted by Gasteiger charge is -2.21. The number of aliphatic hydroxyl groups excluding tert-OH is 1. The molecule has 0 amide bonds. The van der Waals surface area contributed by atoms with E-state index >= 15 is 0 Å². The zero-order valence-corrected chi connectivity index (χ0v) is 15.3. The van der Waals surface area contributed by atoms with Gasteiger partial charge in [-0.3, -0.25) is 0 Å². The monoisotopic (exact) mass is 361 g/mol. The van der Waals surface area contributed by atoms with Crippen LogP contribution in [0, 0.1) is 0 Å². The Bertz CT molecular complexity index is 691. The highest BCUT2D eigenvalue weighted by atomic mass is 35.5. The van der Waals surface area contributed by atoms with Gasteiger partial charge in [0.15, 0.2) is 11.5 Å². The van der Waals surface area contributed by atoms with Crippen molar-refractivity contribution < 1.29 is 14.6 Å². The van der Waals surface area contributed by atoms with Crippen molar-refractivity contribution in [3.63, 3.8) is 0 Å². The smallest absolute Gasteiger partial charge is 0.180 e. The number of nitrogens with one attached hydrogen (secondary N) is 1. The minimum absolute atomic E-state index is 0.121. The molecule has 25 heavy (non-hydrogen) atoms. The summed E-state index contributed by atoms with van der Waals surface area (Å²) in [6.07, 6.45) is 1.06. The highest BCUT2D eigenvalue weighted by molar-refractivity contribution is 6.32. The second-order valence-corrected chi connectivity index (χ2v) is 6.14. The normalized spacial score (nSPS) is 13.1. The van der Waals surface area contributed by atoms with Gasteiger partial charge in [-0.15, -0.1) is 0 Å². The molecule has 2 atom stereocenters. The highest BCUT2D eigenvalue weighted by Gasteiger charge is 2.17. The molecular formula is C20H24ClNO3. The van der Waals surface area contributed by atoms with Crippen LogP contribution in [0.5, 0.6) is 11.5 Å². The van der Waals surface area contributed by atoms with Gasteiger partial charge < -0.3 is 19.9 Å². The third-order valence-electron chi connectivity index (χ3n) is 3.88. The van der Waals surface area contributed by atoms with Gasteiger partial charge in [-0.25, -0.2) is 0 Å². The Morgan fingerprint density at radius 2 is 2.00 bits per heavy atom. The first-order valence-corrected chi connectivity index (χ1v) is 8.51. The zero-order valence-electron chi connectivity index (χ0n) is 14.5. The van der Waals surface area contributed by atoms with E-state index in [4.69, 9.17) is 21.1 Å². The first-order chi connectivity index (χ1) is 12.1. The molecule has 2 aromatic carbocycles. The van der Waals surface area contributed by atoms with Crippen LogP contribution in [0.3, 0.4) is 0 Å². The van der Waals surface area contributed by atoms with Gasteiger partial charge in [-0.1, -0.05) is 54.6 Å². The van der Waals surface area contributed by atoms with Crippen molar-refractivity contribution in [2.24, 2.45) is 0 Å². The van der Waals surface area contributed by atoms with Gasteiger partial charge in [0.2, 0.25) is 0 Å². The average Bonchev–Trinajstić information content (AvgIpc) is 2.64. The topological polar surface area (TPSA) is 50.7 Å². The molecule has 0 unspecified atom stereocenters. The van der Waals surface area contributed by atoms with Crippen molar-refractivity contribution in [2.45, 2.75) is 25.6 Å². The third kappa shape index (κ3) is 5.23. The third-order valence-corrected chi connectivity index (χ3v) is 4.16. The SMILES string of the molecule is C=CCOc1c(Cl)cc(CN[C@H](C)[C@@H](O)c2ccccc2)cc1OC. The summed E-state index contributed by atoms with van der Waals surface area (Å²) in [5.41, 5.74) is 1.83. The summed E-state index contributed by atoms with van der Waals surface area (Å²) >= 11 is 6.31. The first-order valence-electron chi connectivity index (χ1n) is 8.13. The Kier molecular flexibility index (Phi) is 7.31. The van der Waals surface area contributed by atoms with Gasteiger partial charge in [0.1, 0.15) is 6.61 Å². The van der Waals surface area contributed by atoms with Crippen LogP contribution < -0.4 is 14.8 Å². The molecule has 0 aliphatic rings. The molecule has 0 aromatic heterocycles. The molecular weight excluding hydrogens is 338 g/mol. The van der Waals surface area contributed by atoms with E-state index in [1.54, 1.807) is 13.2 Å². The second kappa shape index (κ2) is 9.47. The van der Waals surface area contributed by atoms with E-state index in [1.807, 2.05) is 49.4 Å². The van der Waals surface area contributed by atoms with Gasteiger partial charge in [0.25, 0.3) is 0 Å². The van der Waals surface area contributed by atoms with E-state index in [2.05, 4.69) is 11.9 Å². The summed E-state index contributed by atoms with van der Waals surface area (Å²) in [4.78, 5) is 0. The van der Waals surface area contributed by atoms with E-state index in [0.29, 0.717) is 29.7 Å². The quantitative estimate of drug-likeness (QED) is 0.659. The molecule has 0 bridgehead atoms. The van der Waals surface area contributed by atoms with Crippen LogP contribution in [0.1, 0.15) is 24.2 Å². The first kappa shape index (κ1) is 19.3. The Morgan fingerprint density at radius 1 is 1.28 bits per heavy atom. The minimum Gasteiger partial charge on any atom is -0.493 e. The molecule has 0 radical (unpaired) electrons. The van der Waals surface area contributed by atoms with E-state index in [0.717, 1.165) is 11.1 Å². The molecule has 2 N–H and O–H groups in total. The summed E-state index contributed by atoms with van der Waals surface area (Å²) in [5, 5.41) is 14.2. The van der Waals surface area contributed by atoms with Crippen LogP contribution in [-0.2, 0) is 6.54 Å². The Hall–Kier alpha value is -2.01. The zero-order chi connectivity index (χ0) is 18.2. The van der Waals surface area contributed by atoms with Crippen molar-refractivity contribution in [1.29, 1.82) is 0 Å². The van der Waals surface area contributed by atoms with Crippen molar-refractivity contribution in [3.8, 4) is 11.5 Å². The number of rotatable bonds is 9. The number of halogens is 1.